The molecular formula is C12H9ClN2O3. The Labute approximate surface area is 108 Å². The molecule has 0 amide bonds. The van der Waals surface area contributed by atoms with Gasteiger partial charge in [-0.3, -0.25) is 10.1 Å². The lowest BCUT2D eigenvalue weighted by molar-refractivity contribution is -0.384. The molecule has 92 valence electrons. The fraction of sp³-hybridized carbons (Fsp3) is 0.0833. The van der Waals surface area contributed by atoms with E-state index in [0.29, 0.717) is 16.7 Å². The Morgan fingerprint density at radius 2 is 1.94 bits per heavy atom. The van der Waals surface area contributed by atoms with Crippen LogP contribution in [0.1, 0.15) is 5.56 Å². The zero-order valence-electron chi connectivity index (χ0n) is 9.46. The Kier molecular flexibility index (Phi) is 3.43. The molecule has 1 heterocycles. The van der Waals surface area contributed by atoms with Gasteiger partial charge in [-0.1, -0.05) is 11.6 Å². The van der Waals surface area contributed by atoms with Crippen LogP contribution >= 0.6 is 11.6 Å². The third-order valence-corrected chi connectivity index (χ3v) is 2.67. The fourth-order valence-electron chi connectivity index (χ4n) is 1.36. The summed E-state index contributed by atoms with van der Waals surface area (Å²) in [5.74, 6) is 1.04. The maximum absolute atomic E-state index is 10.5. The number of aryl methyl sites for hydroxylation is 1. The first kappa shape index (κ1) is 12.3. The molecule has 0 spiro atoms. The van der Waals surface area contributed by atoms with Crippen LogP contribution in [0.5, 0.6) is 11.5 Å². The van der Waals surface area contributed by atoms with Crippen LogP contribution in [-0.2, 0) is 0 Å². The molecule has 0 radical (unpaired) electrons. The van der Waals surface area contributed by atoms with Gasteiger partial charge < -0.3 is 4.74 Å². The van der Waals surface area contributed by atoms with E-state index in [1.54, 1.807) is 6.07 Å². The summed E-state index contributed by atoms with van der Waals surface area (Å²) in [6.07, 6.45) is 1.50. The molecule has 0 bridgehead atoms. The van der Waals surface area contributed by atoms with E-state index in [1.807, 2.05) is 6.92 Å². The Bertz CT molecular complexity index is 584. The van der Waals surface area contributed by atoms with Crippen molar-refractivity contribution in [2.75, 3.05) is 0 Å². The molecule has 0 saturated heterocycles. The molecule has 0 N–H and O–H groups in total. The van der Waals surface area contributed by atoms with Crippen molar-refractivity contribution < 1.29 is 9.66 Å². The lowest BCUT2D eigenvalue weighted by atomic mass is 10.3. The minimum Gasteiger partial charge on any atom is -0.456 e. The number of nitrogens with zero attached hydrogens (tertiary/aromatic N) is 2. The monoisotopic (exact) mass is 264 g/mol. The van der Waals surface area contributed by atoms with E-state index in [-0.39, 0.29) is 5.69 Å². The maximum atomic E-state index is 10.5. The number of non-ortho nitro benzene ring substituents is 1. The van der Waals surface area contributed by atoms with Crippen molar-refractivity contribution >= 4 is 17.3 Å². The highest BCUT2D eigenvalue weighted by Crippen LogP contribution is 2.25. The Hall–Kier alpha value is -2.14. The average molecular weight is 265 g/mol. The van der Waals surface area contributed by atoms with Crippen molar-refractivity contribution in [3.05, 3.63) is 57.4 Å². The Morgan fingerprint density at radius 1 is 1.28 bits per heavy atom. The summed E-state index contributed by atoms with van der Waals surface area (Å²) in [6.45, 7) is 1.82. The number of halogens is 1. The molecule has 0 saturated carbocycles. The van der Waals surface area contributed by atoms with E-state index in [0.717, 1.165) is 5.56 Å². The highest BCUT2D eigenvalue weighted by atomic mass is 35.5. The van der Waals surface area contributed by atoms with Crippen molar-refractivity contribution in [1.82, 2.24) is 4.98 Å². The van der Waals surface area contributed by atoms with Crippen molar-refractivity contribution in [3.63, 3.8) is 0 Å². The lowest BCUT2D eigenvalue weighted by Gasteiger charge is -2.06. The number of pyridine rings is 1. The van der Waals surface area contributed by atoms with Gasteiger partial charge in [0.05, 0.1) is 11.1 Å². The van der Waals surface area contributed by atoms with E-state index in [4.69, 9.17) is 16.3 Å². The van der Waals surface area contributed by atoms with E-state index >= 15 is 0 Å². The van der Waals surface area contributed by atoms with Gasteiger partial charge in [0.2, 0.25) is 0 Å². The standard InChI is InChI=1S/C12H9ClN2O3/c1-8-6-11(7-14-12(8)13)18-10-4-2-9(3-5-10)15(16)17/h2-7H,1H3. The van der Waals surface area contributed by atoms with Gasteiger partial charge in [0, 0.05) is 12.1 Å². The number of nitro groups is 1. The largest absolute Gasteiger partial charge is 0.456 e. The SMILES string of the molecule is Cc1cc(Oc2ccc([N+](=O)[O-])cc2)cnc1Cl. The Balaban J connectivity index is 2.18. The van der Waals surface area contributed by atoms with E-state index in [1.165, 1.54) is 30.5 Å². The smallest absolute Gasteiger partial charge is 0.269 e. The third-order valence-electron chi connectivity index (χ3n) is 2.27. The fourth-order valence-corrected chi connectivity index (χ4v) is 1.46. The maximum Gasteiger partial charge on any atom is 0.269 e. The first-order valence-corrected chi connectivity index (χ1v) is 5.48. The number of hydrogen-bond donors (Lipinski definition) is 0. The van der Waals surface area contributed by atoms with Crippen LogP contribution in [0.3, 0.4) is 0 Å². The van der Waals surface area contributed by atoms with Gasteiger partial charge in [0.15, 0.2) is 0 Å². The molecule has 2 aromatic rings. The number of benzene rings is 1. The molecule has 1 aromatic heterocycles. The van der Waals surface area contributed by atoms with Gasteiger partial charge in [-0.05, 0) is 30.7 Å². The van der Waals surface area contributed by atoms with Gasteiger partial charge >= 0.3 is 0 Å². The summed E-state index contributed by atoms with van der Waals surface area (Å²) in [5, 5.41) is 10.9. The molecule has 0 fully saturated rings. The summed E-state index contributed by atoms with van der Waals surface area (Å²) in [7, 11) is 0. The highest BCUT2D eigenvalue weighted by Gasteiger charge is 2.06. The topological polar surface area (TPSA) is 65.3 Å². The predicted molar refractivity (Wildman–Crippen MR) is 67.2 cm³/mol. The molecule has 6 heteroatoms. The molecule has 0 unspecified atom stereocenters. The zero-order valence-corrected chi connectivity index (χ0v) is 10.2. The van der Waals surface area contributed by atoms with E-state index in [2.05, 4.69) is 4.98 Å². The first-order valence-electron chi connectivity index (χ1n) is 5.11. The number of nitro benzene ring substituents is 1. The molecule has 1 aromatic carbocycles. The molecule has 2 rings (SSSR count). The molecule has 0 aliphatic heterocycles. The zero-order chi connectivity index (χ0) is 13.1. The molecule has 0 aliphatic carbocycles. The quantitative estimate of drug-likeness (QED) is 0.481. The summed E-state index contributed by atoms with van der Waals surface area (Å²) in [6, 6.07) is 7.57. The second kappa shape index (κ2) is 5.01. The van der Waals surface area contributed by atoms with Crippen molar-refractivity contribution in [2.24, 2.45) is 0 Å². The highest BCUT2D eigenvalue weighted by molar-refractivity contribution is 6.30. The van der Waals surface area contributed by atoms with Crippen LogP contribution in [0.15, 0.2) is 36.5 Å². The second-order valence-electron chi connectivity index (χ2n) is 3.63. The van der Waals surface area contributed by atoms with Gasteiger partial charge in [-0.15, -0.1) is 0 Å². The van der Waals surface area contributed by atoms with Gasteiger partial charge in [-0.2, -0.15) is 0 Å². The molecule has 5 nitrogen and oxygen atoms in total. The number of ether oxygens (including phenoxy) is 1. The van der Waals surface area contributed by atoms with Crippen LogP contribution in [0.2, 0.25) is 5.15 Å². The van der Waals surface area contributed by atoms with Crippen LogP contribution < -0.4 is 4.74 Å². The normalized spacial score (nSPS) is 10.1. The van der Waals surface area contributed by atoms with Crippen molar-refractivity contribution in [3.8, 4) is 11.5 Å². The third kappa shape index (κ3) is 2.75. The van der Waals surface area contributed by atoms with Gasteiger partial charge in [0.25, 0.3) is 5.69 Å². The molecular weight excluding hydrogens is 256 g/mol. The lowest BCUT2D eigenvalue weighted by Crippen LogP contribution is -1.90. The van der Waals surface area contributed by atoms with Crippen LogP contribution in [0.25, 0.3) is 0 Å². The van der Waals surface area contributed by atoms with Crippen LogP contribution in [-0.4, -0.2) is 9.91 Å². The minimum atomic E-state index is -0.461. The van der Waals surface area contributed by atoms with Crippen LogP contribution in [0.4, 0.5) is 5.69 Å². The molecule has 0 atom stereocenters. The van der Waals surface area contributed by atoms with Gasteiger partial charge in [0.1, 0.15) is 16.7 Å². The number of rotatable bonds is 3. The second-order valence-corrected chi connectivity index (χ2v) is 3.99. The summed E-state index contributed by atoms with van der Waals surface area (Å²) in [5.41, 5.74) is 0.823. The summed E-state index contributed by atoms with van der Waals surface area (Å²) >= 11 is 5.80. The Morgan fingerprint density at radius 3 is 2.50 bits per heavy atom. The van der Waals surface area contributed by atoms with E-state index in [9.17, 15) is 10.1 Å². The molecule has 18 heavy (non-hydrogen) atoms. The predicted octanol–water partition coefficient (Wildman–Crippen LogP) is 3.74. The minimum absolute atomic E-state index is 0.0211. The number of aromatic nitrogens is 1. The van der Waals surface area contributed by atoms with Gasteiger partial charge in [-0.25, -0.2) is 4.98 Å². The van der Waals surface area contributed by atoms with E-state index < -0.39 is 4.92 Å². The average Bonchev–Trinajstić information content (AvgIpc) is 2.34. The summed E-state index contributed by atoms with van der Waals surface area (Å²) < 4.78 is 5.51. The number of hydrogen-bond acceptors (Lipinski definition) is 4. The van der Waals surface area contributed by atoms with Crippen molar-refractivity contribution in [1.29, 1.82) is 0 Å². The van der Waals surface area contributed by atoms with Crippen molar-refractivity contribution in [2.45, 2.75) is 6.92 Å². The summed E-state index contributed by atoms with van der Waals surface area (Å²) in [4.78, 5) is 14.0. The van der Waals surface area contributed by atoms with Crippen LogP contribution in [0, 0.1) is 17.0 Å². The molecule has 0 aliphatic rings. The first-order chi connectivity index (χ1) is 8.56.